The monoisotopic (exact) mass is 337 g/mol. The second-order valence-electron chi connectivity index (χ2n) is 5.56. The highest BCUT2D eigenvalue weighted by Crippen LogP contribution is 2.28. The number of carboxylic acids is 1. The van der Waals surface area contributed by atoms with E-state index in [0.717, 1.165) is 18.2 Å². The quantitative estimate of drug-likeness (QED) is 0.712. The number of rotatable bonds is 8. The van der Waals surface area contributed by atoms with Gasteiger partial charge in [-0.25, -0.2) is 4.39 Å². The highest BCUT2D eigenvalue weighted by atomic mass is 19.4. The zero-order valence-corrected chi connectivity index (χ0v) is 12.8. The van der Waals surface area contributed by atoms with Crippen LogP contribution in [-0.4, -0.2) is 24.0 Å². The summed E-state index contributed by atoms with van der Waals surface area (Å²) in [4.78, 5) is 11.1. The van der Waals surface area contributed by atoms with Gasteiger partial charge in [0.2, 0.25) is 0 Å². The molecule has 0 saturated heterocycles. The summed E-state index contributed by atoms with van der Waals surface area (Å²) in [5.74, 6) is -3.05. The summed E-state index contributed by atoms with van der Waals surface area (Å²) >= 11 is 0. The molecule has 4 nitrogen and oxygen atoms in total. The van der Waals surface area contributed by atoms with Crippen LogP contribution in [0.5, 0.6) is 5.75 Å². The van der Waals surface area contributed by atoms with Crippen molar-refractivity contribution in [2.75, 3.05) is 6.54 Å². The van der Waals surface area contributed by atoms with E-state index in [1.165, 1.54) is 0 Å². The molecular formula is C15H19F4NO3. The molecule has 1 aromatic carbocycles. The van der Waals surface area contributed by atoms with Gasteiger partial charge in [-0.2, -0.15) is 0 Å². The van der Waals surface area contributed by atoms with Gasteiger partial charge in [0.15, 0.2) is 0 Å². The van der Waals surface area contributed by atoms with Gasteiger partial charge in [0.05, 0.1) is 5.92 Å². The van der Waals surface area contributed by atoms with Crippen LogP contribution in [0.1, 0.15) is 25.8 Å². The smallest absolute Gasteiger partial charge is 0.481 e. The molecule has 0 aliphatic carbocycles. The number of carbonyl (C=O) groups is 1. The molecule has 0 aliphatic heterocycles. The number of ether oxygens (including phenoxy) is 1. The molecule has 0 saturated carbocycles. The summed E-state index contributed by atoms with van der Waals surface area (Å²) in [6.45, 7) is 3.48. The summed E-state index contributed by atoms with van der Waals surface area (Å²) in [5.41, 5.74) is -0.293. The van der Waals surface area contributed by atoms with Gasteiger partial charge in [0, 0.05) is 18.7 Å². The fourth-order valence-electron chi connectivity index (χ4n) is 2.14. The molecule has 1 aromatic rings. The van der Waals surface area contributed by atoms with Gasteiger partial charge in [0.25, 0.3) is 0 Å². The van der Waals surface area contributed by atoms with Gasteiger partial charge in [-0.3, -0.25) is 4.79 Å². The molecule has 1 unspecified atom stereocenters. The van der Waals surface area contributed by atoms with E-state index in [4.69, 9.17) is 5.11 Å². The third kappa shape index (κ3) is 6.85. The number of carboxylic acid groups (broad SMARTS) is 1. The molecule has 0 aliphatic rings. The standard InChI is InChI=1S/C15H19F4NO3/c1-9(2)6-10(14(21)22)7-20-8-11-12(16)4-3-5-13(11)23-15(17,18)19/h3-5,9-10,20H,6-8H2,1-2H3,(H,21,22). The number of halogens is 4. The Morgan fingerprint density at radius 2 is 2.00 bits per heavy atom. The SMILES string of the molecule is CC(C)CC(CNCc1c(F)cccc1OC(F)(F)F)C(=O)O. The number of alkyl halides is 3. The molecule has 0 heterocycles. The first-order valence-electron chi connectivity index (χ1n) is 7.06. The third-order valence-electron chi connectivity index (χ3n) is 3.10. The van der Waals surface area contributed by atoms with Crippen LogP contribution in [0.15, 0.2) is 18.2 Å². The van der Waals surface area contributed by atoms with E-state index in [-0.39, 0.29) is 24.6 Å². The Morgan fingerprint density at radius 1 is 1.35 bits per heavy atom. The van der Waals surface area contributed by atoms with Crippen molar-refractivity contribution in [3.8, 4) is 5.75 Å². The Bertz CT molecular complexity index is 532. The second-order valence-corrected chi connectivity index (χ2v) is 5.56. The summed E-state index contributed by atoms with van der Waals surface area (Å²) in [7, 11) is 0. The Balaban J connectivity index is 2.75. The predicted molar refractivity (Wildman–Crippen MR) is 75.4 cm³/mol. The molecular weight excluding hydrogens is 318 g/mol. The van der Waals surface area contributed by atoms with Crippen LogP contribution in [0.2, 0.25) is 0 Å². The maximum atomic E-state index is 13.7. The molecule has 23 heavy (non-hydrogen) atoms. The average molecular weight is 337 g/mol. The van der Waals surface area contributed by atoms with Crippen molar-refractivity contribution in [3.05, 3.63) is 29.6 Å². The number of benzene rings is 1. The molecule has 0 radical (unpaired) electrons. The van der Waals surface area contributed by atoms with Crippen LogP contribution in [-0.2, 0) is 11.3 Å². The minimum absolute atomic E-state index is 0.0211. The topological polar surface area (TPSA) is 58.6 Å². The van der Waals surface area contributed by atoms with E-state index >= 15 is 0 Å². The van der Waals surface area contributed by atoms with E-state index in [1.54, 1.807) is 0 Å². The molecule has 1 rings (SSSR count). The first-order chi connectivity index (χ1) is 10.6. The van der Waals surface area contributed by atoms with Gasteiger partial charge >= 0.3 is 12.3 Å². The number of nitrogens with one attached hydrogen (secondary N) is 1. The van der Waals surface area contributed by atoms with E-state index in [0.29, 0.717) is 6.42 Å². The fraction of sp³-hybridized carbons (Fsp3) is 0.533. The second kappa shape index (κ2) is 8.14. The van der Waals surface area contributed by atoms with Gasteiger partial charge in [-0.1, -0.05) is 19.9 Å². The predicted octanol–water partition coefficient (Wildman–Crippen LogP) is 3.56. The number of hydrogen-bond acceptors (Lipinski definition) is 3. The van der Waals surface area contributed by atoms with Gasteiger partial charge in [0.1, 0.15) is 11.6 Å². The van der Waals surface area contributed by atoms with Crippen LogP contribution in [0.4, 0.5) is 17.6 Å². The third-order valence-corrected chi connectivity index (χ3v) is 3.10. The molecule has 0 spiro atoms. The highest BCUT2D eigenvalue weighted by Gasteiger charge is 2.32. The molecule has 0 amide bonds. The molecule has 0 bridgehead atoms. The lowest BCUT2D eigenvalue weighted by Crippen LogP contribution is -2.30. The first kappa shape index (κ1) is 19.2. The Hall–Kier alpha value is -1.83. The van der Waals surface area contributed by atoms with Gasteiger partial charge in [-0.05, 0) is 24.5 Å². The molecule has 0 fully saturated rings. The van der Waals surface area contributed by atoms with Crippen molar-refractivity contribution in [3.63, 3.8) is 0 Å². The Labute approximate surface area is 131 Å². The van der Waals surface area contributed by atoms with Crippen LogP contribution >= 0.6 is 0 Å². The van der Waals surface area contributed by atoms with E-state index in [9.17, 15) is 22.4 Å². The number of aliphatic carboxylic acids is 1. The van der Waals surface area contributed by atoms with E-state index in [1.807, 2.05) is 13.8 Å². The summed E-state index contributed by atoms with van der Waals surface area (Å²) in [6, 6.07) is 3.14. The normalized spacial score (nSPS) is 13.2. The largest absolute Gasteiger partial charge is 0.573 e. The van der Waals surface area contributed by atoms with Crippen molar-refractivity contribution in [2.24, 2.45) is 11.8 Å². The van der Waals surface area contributed by atoms with Crippen molar-refractivity contribution >= 4 is 5.97 Å². The van der Waals surface area contributed by atoms with Crippen molar-refractivity contribution in [1.29, 1.82) is 0 Å². The molecule has 1 atom stereocenters. The van der Waals surface area contributed by atoms with Crippen LogP contribution in [0.25, 0.3) is 0 Å². The molecule has 2 N–H and O–H groups in total. The van der Waals surface area contributed by atoms with Crippen LogP contribution in [0.3, 0.4) is 0 Å². The average Bonchev–Trinajstić information content (AvgIpc) is 2.38. The van der Waals surface area contributed by atoms with E-state index in [2.05, 4.69) is 10.1 Å². The van der Waals surface area contributed by atoms with Crippen molar-refractivity contribution in [2.45, 2.75) is 33.2 Å². The lowest BCUT2D eigenvalue weighted by molar-refractivity contribution is -0.275. The van der Waals surface area contributed by atoms with Crippen LogP contribution < -0.4 is 10.1 Å². The molecule has 130 valence electrons. The first-order valence-corrected chi connectivity index (χ1v) is 7.06. The van der Waals surface area contributed by atoms with Crippen molar-refractivity contribution in [1.82, 2.24) is 5.32 Å². The van der Waals surface area contributed by atoms with Crippen LogP contribution in [0, 0.1) is 17.7 Å². The van der Waals surface area contributed by atoms with E-state index < -0.39 is 29.8 Å². The highest BCUT2D eigenvalue weighted by molar-refractivity contribution is 5.70. The number of hydrogen-bond donors (Lipinski definition) is 2. The Morgan fingerprint density at radius 3 is 2.52 bits per heavy atom. The summed E-state index contributed by atoms with van der Waals surface area (Å²) in [6.07, 6.45) is -4.52. The summed E-state index contributed by atoms with van der Waals surface area (Å²) in [5, 5.41) is 11.8. The summed E-state index contributed by atoms with van der Waals surface area (Å²) < 4.78 is 54.4. The maximum Gasteiger partial charge on any atom is 0.573 e. The minimum Gasteiger partial charge on any atom is -0.481 e. The zero-order valence-electron chi connectivity index (χ0n) is 12.8. The maximum absolute atomic E-state index is 13.7. The Kier molecular flexibility index (Phi) is 6.80. The molecule has 0 aromatic heterocycles. The lowest BCUT2D eigenvalue weighted by Gasteiger charge is -2.17. The minimum atomic E-state index is -4.93. The lowest BCUT2D eigenvalue weighted by atomic mass is 9.97. The zero-order chi connectivity index (χ0) is 17.6. The van der Waals surface area contributed by atoms with Crippen molar-refractivity contribution < 1.29 is 32.2 Å². The van der Waals surface area contributed by atoms with Gasteiger partial charge < -0.3 is 15.2 Å². The van der Waals surface area contributed by atoms with Gasteiger partial charge in [-0.15, -0.1) is 13.2 Å². The fourth-order valence-corrected chi connectivity index (χ4v) is 2.14. The molecule has 8 heteroatoms.